The van der Waals surface area contributed by atoms with Crippen LogP contribution < -0.4 is 11.4 Å². The zero-order chi connectivity index (χ0) is 31.7. The summed E-state index contributed by atoms with van der Waals surface area (Å²) in [4.78, 5) is 20.8. The van der Waals surface area contributed by atoms with E-state index in [0.29, 0.717) is 5.82 Å². The summed E-state index contributed by atoms with van der Waals surface area (Å²) in [6.07, 6.45) is -1.88. The van der Waals surface area contributed by atoms with Crippen LogP contribution >= 0.6 is 7.60 Å². The van der Waals surface area contributed by atoms with Crippen molar-refractivity contribution in [3.63, 3.8) is 0 Å². The second kappa shape index (κ2) is 14.9. The van der Waals surface area contributed by atoms with Crippen LogP contribution in [0.1, 0.15) is 50.2 Å². The number of nitrogens with zero attached hydrogens (tertiary/aromatic N) is 3. The van der Waals surface area contributed by atoms with Crippen LogP contribution in [0.5, 0.6) is 0 Å². The van der Waals surface area contributed by atoms with E-state index in [1.807, 2.05) is 91.0 Å². The number of ether oxygens (including phenoxy) is 2. The summed E-state index contributed by atoms with van der Waals surface area (Å²) in [5, 5.41) is 0. The molecule has 4 aromatic rings. The molecular formula is C33H41N4O6P. The van der Waals surface area contributed by atoms with Gasteiger partial charge in [0.05, 0.1) is 31.5 Å². The summed E-state index contributed by atoms with van der Waals surface area (Å²) < 4.78 is 39.8. The molecule has 0 amide bonds. The molecule has 0 radical (unpaired) electrons. The Labute approximate surface area is 258 Å². The lowest BCUT2D eigenvalue weighted by Gasteiger charge is -2.37. The van der Waals surface area contributed by atoms with Gasteiger partial charge in [0, 0.05) is 0 Å². The molecule has 1 heterocycles. The van der Waals surface area contributed by atoms with E-state index in [1.54, 1.807) is 34.6 Å². The topological polar surface area (TPSA) is 128 Å². The standard InChI is InChI=1S/C33H41N4O6P/c1-24(2)42-44(39,43-25(3)4)23-40-30(21-37-26(5)35-31(34)36-32(37)38)22-41-33(27-15-9-6-10-16-27,28-17-11-7-12-18-28)29-19-13-8-14-20-29/h6-20,24-25,30H,21-23H2,1-5H3,(H2,34,36,38)/t30-/m0/s1. The van der Waals surface area contributed by atoms with E-state index < -0.39 is 25.0 Å². The van der Waals surface area contributed by atoms with E-state index >= 15 is 0 Å². The minimum Gasteiger partial charge on any atom is -0.368 e. The molecule has 4 rings (SSSR count). The maximum Gasteiger partial charge on any atom is 0.356 e. The Morgan fingerprint density at radius 2 is 1.25 bits per heavy atom. The van der Waals surface area contributed by atoms with Gasteiger partial charge >= 0.3 is 13.3 Å². The first kappa shape index (κ1) is 33.2. The highest BCUT2D eigenvalue weighted by Gasteiger charge is 2.39. The van der Waals surface area contributed by atoms with Gasteiger partial charge in [-0.05, 0) is 51.3 Å². The molecule has 10 nitrogen and oxygen atoms in total. The molecule has 0 unspecified atom stereocenters. The molecule has 0 fully saturated rings. The van der Waals surface area contributed by atoms with Gasteiger partial charge in [-0.3, -0.25) is 9.13 Å². The fourth-order valence-corrected chi connectivity index (χ4v) is 6.88. The zero-order valence-electron chi connectivity index (χ0n) is 25.8. The van der Waals surface area contributed by atoms with Gasteiger partial charge in [0.25, 0.3) is 0 Å². The highest BCUT2D eigenvalue weighted by atomic mass is 31.2. The number of anilines is 1. The average Bonchev–Trinajstić information content (AvgIpc) is 2.98. The molecule has 3 aromatic carbocycles. The van der Waals surface area contributed by atoms with Gasteiger partial charge in [-0.15, -0.1) is 0 Å². The lowest BCUT2D eigenvalue weighted by molar-refractivity contribution is -0.0651. The highest BCUT2D eigenvalue weighted by Crippen LogP contribution is 2.51. The Morgan fingerprint density at radius 1 is 0.795 bits per heavy atom. The Bertz CT molecular complexity index is 1470. The van der Waals surface area contributed by atoms with Gasteiger partial charge < -0.3 is 24.3 Å². The monoisotopic (exact) mass is 620 g/mol. The molecule has 0 spiro atoms. The van der Waals surface area contributed by atoms with Crippen molar-refractivity contribution in [1.29, 1.82) is 0 Å². The van der Waals surface area contributed by atoms with Crippen LogP contribution in [0.3, 0.4) is 0 Å². The molecule has 0 bridgehead atoms. The average molecular weight is 621 g/mol. The molecular weight excluding hydrogens is 579 g/mol. The van der Waals surface area contributed by atoms with Gasteiger partial charge in [-0.1, -0.05) is 91.0 Å². The van der Waals surface area contributed by atoms with Gasteiger partial charge in [-0.25, -0.2) is 9.78 Å². The van der Waals surface area contributed by atoms with Crippen molar-refractivity contribution in [2.75, 3.05) is 18.7 Å². The number of nitrogen functional groups attached to an aromatic ring is 1. The van der Waals surface area contributed by atoms with Gasteiger partial charge in [-0.2, -0.15) is 4.98 Å². The Hall–Kier alpha value is -3.66. The predicted octanol–water partition coefficient (Wildman–Crippen LogP) is 5.92. The Morgan fingerprint density at radius 3 is 1.66 bits per heavy atom. The number of benzene rings is 3. The minimum atomic E-state index is -3.68. The molecule has 0 saturated heterocycles. The first-order chi connectivity index (χ1) is 21.0. The van der Waals surface area contributed by atoms with Gasteiger partial charge in [0.2, 0.25) is 5.95 Å². The third kappa shape index (κ3) is 8.28. The number of nitrogens with two attached hydrogens (primary N) is 1. The lowest BCUT2D eigenvalue weighted by atomic mass is 9.80. The first-order valence-corrected chi connectivity index (χ1v) is 16.3. The van der Waals surface area contributed by atoms with E-state index in [-0.39, 0.29) is 37.7 Å². The summed E-state index contributed by atoms with van der Waals surface area (Å²) in [6, 6.07) is 29.7. The summed E-state index contributed by atoms with van der Waals surface area (Å²) in [6.45, 7) is 8.76. The number of aryl methyl sites for hydroxylation is 1. The van der Waals surface area contributed by atoms with Crippen LogP contribution in [0.25, 0.3) is 0 Å². The summed E-state index contributed by atoms with van der Waals surface area (Å²) in [5.74, 6) is 0.241. The van der Waals surface area contributed by atoms with Crippen molar-refractivity contribution in [3.8, 4) is 0 Å². The van der Waals surface area contributed by atoms with Crippen LogP contribution in [-0.2, 0) is 35.2 Å². The van der Waals surface area contributed by atoms with Crippen molar-refractivity contribution >= 4 is 13.5 Å². The fourth-order valence-electron chi connectivity index (χ4n) is 5.03. The van der Waals surface area contributed by atoms with Crippen LogP contribution in [0.2, 0.25) is 0 Å². The van der Waals surface area contributed by atoms with E-state index in [4.69, 9.17) is 24.3 Å². The van der Waals surface area contributed by atoms with Gasteiger partial charge in [0.15, 0.2) is 0 Å². The molecule has 0 aliphatic rings. The van der Waals surface area contributed by atoms with E-state index in [9.17, 15) is 9.36 Å². The van der Waals surface area contributed by atoms with Crippen molar-refractivity contribution < 1.29 is 23.1 Å². The van der Waals surface area contributed by atoms with Crippen molar-refractivity contribution in [3.05, 3.63) is 124 Å². The minimum absolute atomic E-state index is 0.00273. The second-order valence-electron chi connectivity index (χ2n) is 10.9. The number of rotatable bonds is 15. The maximum absolute atomic E-state index is 13.7. The third-order valence-corrected chi connectivity index (χ3v) is 8.68. The molecule has 0 saturated carbocycles. The van der Waals surface area contributed by atoms with Crippen molar-refractivity contribution in [2.24, 2.45) is 0 Å². The zero-order valence-corrected chi connectivity index (χ0v) is 26.7. The summed E-state index contributed by atoms with van der Waals surface area (Å²) in [5.41, 5.74) is 6.79. The maximum atomic E-state index is 13.7. The second-order valence-corrected chi connectivity index (χ2v) is 12.9. The molecule has 0 aliphatic carbocycles. The molecule has 1 atom stereocenters. The predicted molar refractivity (Wildman–Crippen MR) is 170 cm³/mol. The molecule has 2 N–H and O–H groups in total. The smallest absolute Gasteiger partial charge is 0.356 e. The van der Waals surface area contributed by atoms with Crippen molar-refractivity contribution in [2.45, 2.75) is 65.1 Å². The quantitative estimate of drug-likeness (QED) is 0.127. The van der Waals surface area contributed by atoms with E-state index in [2.05, 4.69) is 9.97 Å². The van der Waals surface area contributed by atoms with E-state index in [0.717, 1.165) is 16.7 Å². The summed E-state index contributed by atoms with van der Waals surface area (Å²) >= 11 is 0. The van der Waals surface area contributed by atoms with Crippen LogP contribution in [0.4, 0.5) is 5.95 Å². The number of aromatic nitrogens is 3. The Balaban J connectivity index is 1.77. The first-order valence-electron chi connectivity index (χ1n) is 14.6. The molecule has 0 aliphatic heterocycles. The summed E-state index contributed by atoms with van der Waals surface area (Å²) in [7, 11) is -3.68. The van der Waals surface area contributed by atoms with Gasteiger partial charge in [0.1, 0.15) is 17.8 Å². The number of hydrogen-bond donors (Lipinski definition) is 1. The normalized spacial score (nSPS) is 13.0. The van der Waals surface area contributed by atoms with Crippen LogP contribution in [0.15, 0.2) is 95.8 Å². The highest BCUT2D eigenvalue weighted by molar-refractivity contribution is 7.53. The molecule has 44 heavy (non-hydrogen) atoms. The van der Waals surface area contributed by atoms with Crippen molar-refractivity contribution in [1.82, 2.24) is 14.5 Å². The molecule has 1 aromatic heterocycles. The largest absolute Gasteiger partial charge is 0.368 e. The van der Waals surface area contributed by atoms with Crippen LogP contribution in [-0.4, -0.2) is 45.8 Å². The molecule has 11 heteroatoms. The van der Waals surface area contributed by atoms with E-state index in [1.165, 1.54) is 4.57 Å². The number of hydrogen-bond acceptors (Lipinski definition) is 9. The van der Waals surface area contributed by atoms with Crippen LogP contribution in [0, 0.1) is 6.92 Å². The fraction of sp³-hybridized carbons (Fsp3) is 0.364. The lowest BCUT2D eigenvalue weighted by Crippen LogP contribution is -2.40. The Kier molecular flexibility index (Phi) is 11.2. The molecule has 234 valence electrons. The third-order valence-electron chi connectivity index (χ3n) is 6.73. The SMILES string of the molecule is Cc1nc(N)nc(=O)n1C[C@@H](COC(c1ccccc1)(c1ccccc1)c1ccccc1)OCP(=O)(OC(C)C)OC(C)C.